The van der Waals surface area contributed by atoms with Crippen LogP contribution >= 0.6 is 21.6 Å². The number of amides is 11. The number of primary amides is 1. The van der Waals surface area contributed by atoms with Gasteiger partial charge in [0.1, 0.15) is 25.3 Å². The molecule has 626 valence electrons. The van der Waals surface area contributed by atoms with E-state index in [2.05, 4.69) is 134 Å². The van der Waals surface area contributed by atoms with Crippen molar-refractivity contribution in [2.75, 3.05) is 95.1 Å². The summed E-state index contributed by atoms with van der Waals surface area (Å²) in [5.41, 5.74) is 7.41. The lowest BCUT2D eigenvalue weighted by molar-refractivity contribution is -0.137. The third kappa shape index (κ3) is 28.9. The number of ether oxygens (including phenoxy) is 6. The molecular formula is C81H124N10O18S2Si2. The topological polar surface area (TPSA) is 352 Å². The third-order valence-electron chi connectivity index (χ3n) is 20.7. The van der Waals surface area contributed by atoms with Crippen molar-refractivity contribution < 1.29 is 85.2 Å². The average molecular weight is 1650 g/mol. The summed E-state index contributed by atoms with van der Waals surface area (Å²) < 4.78 is 49.2. The number of carbonyl (C=O) groups is 10. The molecule has 0 bridgehead atoms. The van der Waals surface area contributed by atoms with Crippen molar-refractivity contribution in [2.45, 2.75) is 226 Å². The maximum Gasteiger partial charge on any atom is 0.411 e. The fourth-order valence-corrected chi connectivity index (χ4v) is 16.2. The summed E-state index contributed by atoms with van der Waals surface area (Å²) in [6.07, 6.45) is 5.67. The molecule has 6 rings (SSSR count). The van der Waals surface area contributed by atoms with Crippen LogP contribution in [0.3, 0.4) is 0 Å². The van der Waals surface area contributed by atoms with Gasteiger partial charge in [-0.05, 0) is 135 Å². The molecule has 8 N–H and O–H groups in total. The zero-order chi connectivity index (χ0) is 83.8. The Hall–Kier alpha value is -8.31. The summed E-state index contributed by atoms with van der Waals surface area (Å²) in [4.78, 5) is 138. The number of hydrogen-bond donors (Lipinski definition) is 7. The molecule has 3 aliphatic heterocycles. The predicted octanol–water partition coefficient (Wildman–Crippen LogP) is 14.0. The van der Waals surface area contributed by atoms with Crippen LogP contribution in [0.1, 0.15) is 180 Å². The lowest BCUT2D eigenvalue weighted by atomic mass is 9.91. The van der Waals surface area contributed by atoms with Crippen molar-refractivity contribution in [3.8, 4) is 23.0 Å². The molecule has 0 radical (unpaired) electrons. The van der Waals surface area contributed by atoms with E-state index in [0.717, 1.165) is 16.9 Å². The second-order valence-electron chi connectivity index (χ2n) is 33.4. The minimum atomic E-state index is -2.25. The second kappa shape index (κ2) is 42.9. The van der Waals surface area contributed by atoms with Gasteiger partial charge >= 0.3 is 18.2 Å². The number of nitrogens with two attached hydrogens (primary N) is 1. The molecule has 3 aromatic rings. The Balaban J connectivity index is 1.14. The molecule has 2 saturated heterocycles. The van der Waals surface area contributed by atoms with Gasteiger partial charge in [0.05, 0.1) is 75.2 Å². The Morgan fingerprint density at radius 1 is 0.655 bits per heavy atom. The van der Waals surface area contributed by atoms with Gasteiger partial charge in [0.25, 0.3) is 23.6 Å². The minimum Gasteiger partial charge on any atom is -0.493 e. The van der Waals surface area contributed by atoms with Gasteiger partial charge in [-0.2, -0.15) is 0 Å². The zero-order valence-electron chi connectivity index (χ0n) is 69.6. The molecule has 3 heterocycles. The van der Waals surface area contributed by atoms with E-state index in [9.17, 15) is 43.2 Å². The van der Waals surface area contributed by atoms with Crippen molar-refractivity contribution in [2.24, 2.45) is 17.1 Å². The molecule has 0 spiro atoms. The Morgan fingerprint density at radius 3 is 1.73 bits per heavy atom. The zero-order valence-corrected chi connectivity index (χ0v) is 73.2. The number of carbonyl (C=O) groups excluding carboxylic acids is 10. The number of benzene rings is 3. The van der Waals surface area contributed by atoms with Gasteiger partial charge in [-0.15, -0.1) is 0 Å². The molecule has 3 aliphatic rings. The molecule has 0 aliphatic carbocycles. The second-order valence-corrected chi connectivity index (χ2v) is 46.0. The van der Waals surface area contributed by atoms with Crippen LogP contribution in [0.15, 0.2) is 72.8 Å². The van der Waals surface area contributed by atoms with Crippen molar-refractivity contribution in [3.05, 3.63) is 89.5 Å². The smallest absolute Gasteiger partial charge is 0.411 e. The highest BCUT2D eigenvalue weighted by atomic mass is 33.1. The van der Waals surface area contributed by atoms with Crippen LogP contribution in [-0.4, -0.2) is 200 Å². The normalized spacial score (nSPS) is 16.2. The molecule has 0 aromatic heterocycles. The maximum absolute atomic E-state index is 15.0. The van der Waals surface area contributed by atoms with Gasteiger partial charge in [-0.25, -0.2) is 14.4 Å². The number of nitrogens with one attached hydrogen (secondary N) is 6. The number of urea groups is 1. The first kappa shape index (κ1) is 93.6. The van der Waals surface area contributed by atoms with Gasteiger partial charge < -0.3 is 74.1 Å². The Morgan fingerprint density at radius 2 is 1.19 bits per heavy atom. The number of hydrogen-bond acceptors (Lipinski definition) is 20. The minimum absolute atomic E-state index is 0.0321. The van der Waals surface area contributed by atoms with Gasteiger partial charge in [0, 0.05) is 73.6 Å². The highest BCUT2D eigenvalue weighted by Crippen LogP contribution is 2.43. The van der Waals surface area contributed by atoms with Crippen LogP contribution in [0.5, 0.6) is 23.0 Å². The Labute approximate surface area is 677 Å². The summed E-state index contributed by atoms with van der Waals surface area (Å²) in [6, 6.07) is 9.25. The van der Waals surface area contributed by atoms with Crippen molar-refractivity contribution in [3.63, 3.8) is 0 Å². The molecule has 3 aromatic carbocycles. The fraction of sp³-hybridized carbons (Fsp3) is 0.605. The van der Waals surface area contributed by atoms with Gasteiger partial charge in [-0.3, -0.25) is 49.1 Å². The van der Waals surface area contributed by atoms with Gasteiger partial charge in [0.2, 0.25) is 17.7 Å². The highest BCUT2D eigenvalue weighted by molar-refractivity contribution is 8.76. The van der Waals surface area contributed by atoms with E-state index in [1.54, 1.807) is 76.7 Å². The molecular weight excluding hydrogens is 1520 g/mol. The maximum atomic E-state index is 15.0. The Kier molecular flexibility index (Phi) is 35.5. The van der Waals surface area contributed by atoms with E-state index in [1.807, 2.05) is 4.90 Å². The predicted molar refractivity (Wildman–Crippen MR) is 448 cm³/mol. The van der Waals surface area contributed by atoms with Gasteiger partial charge in [-0.1, -0.05) is 135 Å². The monoisotopic (exact) mass is 1640 g/mol. The summed E-state index contributed by atoms with van der Waals surface area (Å²) in [5.74, 6) is -1.76. The molecule has 32 heteroatoms. The average Bonchev–Trinajstić information content (AvgIpc) is 1.77. The molecule has 4 atom stereocenters. The first-order valence-corrected chi connectivity index (χ1v) is 47.2. The van der Waals surface area contributed by atoms with Crippen LogP contribution in [0.2, 0.25) is 36.3 Å². The molecule has 0 unspecified atom stereocenters. The first-order chi connectivity index (χ1) is 53.0. The van der Waals surface area contributed by atoms with E-state index < -0.39 is 64.7 Å². The van der Waals surface area contributed by atoms with Crippen LogP contribution < -0.4 is 56.6 Å². The van der Waals surface area contributed by atoms with E-state index in [0.29, 0.717) is 91.9 Å². The van der Waals surface area contributed by atoms with E-state index in [1.165, 1.54) is 38.5 Å². The Bertz CT molecular complexity index is 3830. The number of imide groups is 1. The number of rotatable bonds is 43. The molecule has 11 amide bonds. The number of nitrogens with zero attached hydrogens (tertiary/aromatic N) is 3. The fourth-order valence-electron chi connectivity index (χ4n) is 12.3. The molecule has 0 saturated carbocycles. The lowest BCUT2D eigenvalue weighted by Gasteiger charge is -2.38. The number of methoxy groups -OCH3 is 2. The highest BCUT2D eigenvalue weighted by Gasteiger charge is 2.45. The van der Waals surface area contributed by atoms with E-state index >= 15 is 4.79 Å². The quantitative estimate of drug-likeness (QED) is 0.00909. The summed E-state index contributed by atoms with van der Waals surface area (Å²) in [6.45, 7) is 40.0. The van der Waals surface area contributed by atoms with Gasteiger partial charge in [0.15, 0.2) is 39.6 Å². The lowest BCUT2D eigenvalue weighted by Crippen LogP contribution is -2.54. The number of unbranched alkanes of at least 4 members (excludes halogenated alkanes) is 4. The largest absolute Gasteiger partial charge is 0.493 e. The summed E-state index contributed by atoms with van der Waals surface area (Å²) in [7, 11) is 1.83. The molecule has 2 fully saturated rings. The van der Waals surface area contributed by atoms with Crippen LogP contribution in [-0.2, 0) is 48.9 Å². The SMILES string of the molecule is C=C1C[C@@H](CO[Si](C)(C)C(C)(C)C)N(C(=O)c2cc(OC)c(OCCCCCOc3cc(NC(=O)OCCSSC(C)C)c(C(=O)N4CC(C)(C)C[C@H]4CO[Si](C)(C)C(C)(C)C)cc3OC)cc2NC(=O)OCc2ccc(NC(=O)[C@H](CCCNC(N)=O)NC(=O)[C@@H](NC(=O)CCCCCN3C(=O)C=CC3=O)C(C)C)cc2)C1. The standard InChI is InChI=1S/C81H124N10O18S2Si2/c1-52(2)71(88-68(92)28-22-20-23-36-89-69(93)33-34-70(89)94)73(96)85-61(27-26-35-83-76(82)99)72(95)84-56-31-29-55(30-32-56)48-107-78(101)87-62-44-66(64(102-14)42-59(62)74(97)90-47-54(5)41-57(90)49-108-112(16,17)79(6,7)8)104-37-24-21-25-38-105-67-45-63(86-77(100)106-39-40-110-111-53(3)4)60(43-65(67)103-15)75(98)91-51-81(12,13)46-58(91)50-109-113(18,19)80(9,10)11/h29-34,42-45,52-53,57-58,61,71H,5,20-28,35-41,46-51H2,1-4,6-19H3,(H,84,95)(H,85,96)(H,86,100)(H,87,101)(H,88,92)(H3,82,83,99)/t57-,58-,61-,71-/m0/s1. The van der Waals surface area contributed by atoms with Crippen LogP contribution in [0.25, 0.3) is 0 Å². The number of likely N-dealkylation sites (tertiary alicyclic amines) is 2. The van der Waals surface area contributed by atoms with Crippen LogP contribution in [0.4, 0.5) is 31.4 Å². The van der Waals surface area contributed by atoms with E-state index in [-0.39, 0.29) is 163 Å². The van der Waals surface area contributed by atoms with Crippen molar-refractivity contribution in [1.82, 2.24) is 30.7 Å². The molecule has 28 nitrogen and oxygen atoms in total. The van der Waals surface area contributed by atoms with Crippen LogP contribution in [0, 0.1) is 11.3 Å². The first-order valence-electron chi connectivity index (χ1n) is 39.0. The molecule has 113 heavy (non-hydrogen) atoms. The summed E-state index contributed by atoms with van der Waals surface area (Å²) >= 11 is 0. The third-order valence-corrected chi connectivity index (χ3v) is 32.7. The van der Waals surface area contributed by atoms with Crippen molar-refractivity contribution in [1.29, 1.82) is 0 Å². The number of anilines is 3. The van der Waals surface area contributed by atoms with E-state index in [4.69, 9.17) is 43.0 Å². The summed E-state index contributed by atoms with van der Waals surface area (Å²) in [5, 5.41) is 16.8. The van der Waals surface area contributed by atoms with Crippen molar-refractivity contribution >= 4 is 115 Å².